The average Bonchev–Trinajstić information content (AvgIpc) is 3.02. The molecule has 1 saturated heterocycles. The monoisotopic (exact) mass is 397 g/mol. The van der Waals surface area contributed by atoms with E-state index >= 15 is 0 Å². The van der Waals surface area contributed by atoms with Gasteiger partial charge in [0.2, 0.25) is 10.0 Å². The molecule has 2 heterocycles. The van der Waals surface area contributed by atoms with Gasteiger partial charge in [0.15, 0.2) is 0 Å². The van der Waals surface area contributed by atoms with Crippen molar-refractivity contribution in [3.8, 4) is 11.5 Å². The Morgan fingerprint density at radius 3 is 2.73 bits per heavy atom. The fourth-order valence-corrected chi connectivity index (χ4v) is 5.36. The van der Waals surface area contributed by atoms with E-state index < -0.39 is 20.8 Å². The fourth-order valence-electron chi connectivity index (χ4n) is 3.30. The number of nitrogens with one attached hydrogen (secondary N) is 1. The van der Waals surface area contributed by atoms with E-state index in [0.717, 1.165) is 25.1 Å². The number of anilines is 1. The molecular formula is C16H19N3O5S2. The zero-order valence-corrected chi connectivity index (χ0v) is 15.3. The number of ether oxygens (including phenoxy) is 1. The minimum absolute atomic E-state index is 0.0566. The third-order valence-electron chi connectivity index (χ3n) is 4.47. The Balaban J connectivity index is 1.68. The lowest BCUT2D eigenvalue weighted by molar-refractivity contribution is 0.439. The third kappa shape index (κ3) is 3.15. The van der Waals surface area contributed by atoms with E-state index in [-0.39, 0.29) is 16.8 Å². The van der Waals surface area contributed by atoms with E-state index in [4.69, 9.17) is 9.88 Å². The summed E-state index contributed by atoms with van der Waals surface area (Å²) in [5.41, 5.74) is 0.775. The zero-order valence-electron chi connectivity index (χ0n) is 13.7. The van der Waals surface area contributed by atoms with Crippen LogP contribution in [0, 0.1) is 0 Å². The van der Waals surface area contributed by atoms with Crippen molar-refractivity contribution in [3.63, 3.8) is 0 Å². The van der Waals surface area contributed by atoms with Crippen molar-refractivity contribution in [2.24, 2.45) is 5.14 Å². The first-order valence-corrected chi connectivity index (χ1v) is 11.1. The van der Waals surface area contributed by atoms with E-state index in [1.165, 1.54) is 18.2 Å². The predicted octanol–water partition coefficient (Wildman–Crippen LogP) is 2.68. The van der Waals surface area contributed by atoms with Gasteiger partial charge in [-0.3, -0.25) is 9.11 Å². The lowest BCUT2D eigenvalue weighted by atomic mass is 10.2. The standard InChI is InChI=1S/C16H19N3O5S2/c17-25(20,21)13-4-1-3-11(9-13)24-12-6-7-14-15(10-12)26(22,23)18-16-5-2-8-19(14)16/h1,3-4,6-7,9-10,16,18,22-23H,2,5,8H2,(H2,17,20,21). The number of primary sulfonamides is 1. The van der Waals surface area contributed by atoms with Gasteiger partial charge in [-0.05, 0) is 37.1 Å². The van der Waals surface area contributed by atoms with E-state index in [0.29, 0.717) is 10.6 Å². The van der Waals surface area contributed by atoms with Crippen LogP contribution in [-0.2, 0) is 10.0 Å². The molecule has 5 N–H and O–H groups in total. The molecule has 4 rings (SSSR count). The molecule has 0 spiro atoms. The summed E-state index contributed by atoms with van der Waals surface area (Å²) in [6, 6.07) is 10.9. The molecule has 0 saturated carbocycles. The number of fused-ring (bicyclic) bond motifs is 3. The summed E-state index contributed by atoms with van der Waals surface area (Å²) >= 11 is 0. The van der Waals surface area contributed by atoms with Crippen LogP contribution in [0.25, 0.3) is 0 Å². The first-order valence-electron chi connectivity index (χ1n) is 8.01. The van der Waals surface area contributed by atoms with Crippen molar-refractivity contribution < 1.29 is 22.3 Å². The first-order chi connectivity index (χ1) is 12.2. The van der Waals surface area contributed by atoms with Crippen LogP contribution < -0.4 is 19.5 Å². The summed E-state index contributed by atoms with van der Waals surface area (Å²) in [5.74, 6) is 0.658. The normalized spacial score (nSPS) is 22.4. The van der Waals surface area contributed by atoms with Crippen LogP contribution in [0.2, 0.25) is 0 Å². The third-order valence-corrected chi connectivity index (χ3v) is 6.92. The second kappa shape index (κ2) is 6.12. The van der Waals surface area contributed by atoms with Crippen LogP contribution in [0.4, 0.5) is 5.69 Å². The molecule has 0 aliphatic carbocycles. The quantitative estimate of drug-likeness (QED) is 0.627. The molecule has 26 heavy (non-hydrogen) atoms. The zero-order chi connectivity index (χ0) is 18.5. The van der Waals surface area contributed by atoms with Crippen LogP contribution in [0.3, 0.4) is 0 Å². The van der Waals surface area contributed by atoms with Crippen molar-refractivity contribution >= 4 is 26.5 Å². The van der Waals surface area contributed by atoms with Crippen LogP contribution in [-0.4, -0.2) is 30.2 Å². The van der Waals surface area contributed by atoms with Crippen molar-refractivity contribution in [1.82, 2.24) is 4.72 Å². The molecule has 1 atom stereocenters. The molecule has 2 aromatic rings. The van der Waals surface area contributed by atoms with E-state index in [1.807, 2.05) is 0 Å². The maximum absolute atomic E-state index is 11.5. The Kier molecular flexibility index (Phi) is 4.14. The van der Waals surface area contributed by atoms with Gasteiger partial charge in [0.1, 0.15) is 16.4 Å². The lowest BCUT2D eigenvalue weighted by Gasteiger charge is -2.46. The van der Waals surface area contributed by atoms with Crippen molar-refractivity contribution in [1.29, 1.82) is 0 Å². The number of benzene rings is 2. The number of nitrogens with two attached hydrogens (primary N) is 1. The molecule has 8 nitrogen and oxygen atoms in total. The van der Waals surface area contributed by atoms with Gasteiger partial charge >= 0.3 is 0 Å². The van der Waals surface area contributed by atoms with Crippen LogP contribution in [0.15, 0.2) is 52.3 Å². The Bertz CT molecular complexity index is 964. The molecule has 1 fully saturated rings. The van der Waals surface area contributed by atoms with Gasteiger partial charge in [-0.2, -0.15) is 4.72 Å². The molecule has 10 heteroatoms. The van der Waals surface area contributed by atoms with Crippen molar-refractivity contribution in [2.45, 2.75) is 28.8 Å². The number of nitrogens with zero attached hydrogens (tertiary/aromatic N) is 1. The highest BCUT2D eigenvalue weighted by Gasteiger charge is 2.38. The summed E-state index contributed by atoms with van der Waals surface area (Å²) in [4.78, 5) is 2.42. The SMILES string of the molecule is NS(=O)(=O)c1cccc(Oc2ccc3c(c2)S(O)(O)NC2CCCN32)c1. The van der Waals surface area contributed by atoms with E-state index in [9.17, 15) is 17.5 Å². The van der Waals surface area contributed by atoms with E-state index in [1.54, 1.807) is 24.3 Å². The number of rotatable bonds is 3. The maximum atomic E-state index is 11.5. The fraction of sp³-hybridized carbons (Fsp3) is 0.250. The highest BCUT2D eigenvalue weighted by atomic mass is 32.3. The second-order valence-electron chi connectivity index (χ2n) is 6.27. The van der Waals surface area contributed by atoms with Gasteiger partial charge in [-0.1, -0.05) is 6.07 Å². The summed E-state index contributed by atoms with van der Waals surface area (Å²) in [6.45, 7) is 0.844. The predicted molar refractivity (Wildman–Crippen MR) is 98.9 cm³/mol. The van der Waals surface area contributed by atoms with Crippen LogP contribution in [0.1, 0.15) is 12.8 Å². The molecule has 2 aliphatic rings. The highest BCUT2D eigenvalue weighted by molar-refractivity contribution is 8.22. The minimum atomic E-state index is -3.83. The number of sulfonamides is 1. The Morgan fingerprint density at radius 1 is 1.19 bits per heavy atom. The maximum Gasteiger partial charge on any atom is 0.238 e. The van der Waals surface area contributed by atoms with Crippen LogP contribution in [0.5, 0.6) is 11.5 Å². The molecule has 2 aromatic carbocycles. The molecule has 0 radical (unpaired) electrons. The average molecular weight is 397 g/mol. The molecule has 0 bridgehead atoms. The summed E-state index contributed by atoms with van der Waals surface area (Å²) in [6.07, 6.45) is 1.75. The van der Waals surface area contributed by atoms with Crippen LogP contribution >= 0.6 is 10.8 Å². The lowest BCUT2D eigenvalue weighted by Crippen LogP contribution is -2.46. The summed E-state index contributed by atoms with van der Waals surface area (Å²) in [5, 5.41) is 5.14. The molecule has 2 aliphatic heterocycles. The number of hydrogen-bond acceptors (Lipinski definition) is 7. The van der Waals surface area contributed by atoms with Crippen molar-refractivity contribution in [3.05, 3.63) is 42.5 Å². The molecule has 0 amide bonds. The molecule has 1 unspecified atom stereocenters. The van der Waals surface area contributed by atoms with Gasteiger partial charge in [0.05, 0.1) is 16.7 Å². The minimum Gasteiger partial charge on any atom is -0.457 e. The van der Waals surface area contributed by atoms with Gasteiger partial charge in [-0.15, -0.1) is 10.8 Å². The largest absolute Gasteiger partial charge is 0.457 e. The van der Waals surface area contributed by atoms with Gasteiger partial charge < -0.3 is 9.64 Å². The molecule has 0 aromatic heterocycles. The van der Waals surface area contributed by atoms with Gasteiger partial charge in [-0.25, -0.2) is 13.6 Å². The smallest absolute Gasteiger partial charge is 0.238 e. The van der Waals surface area contributed by atoms with E-state index in [2.05, 4.69) is 9.62 Å². The van der Waals surface area contributed by atoms with Gasteiger partial charge in [0.25, 0.3) is 0 Å². The summed E-state index contributed by atoms with van der Waals surface area (Å²) < 4.78 is 52.5. The first kappa shape index (κ1) is 17.6. The second-order valence-corrected chi connectivity index (χ2v) is 9.60. The highest BCUT2D eigenvalue weighted by Crippen LogP contribution is 2.55. The Hall–Kier alpha value is -1.82. The Morgan fingerprint density at radius 2 is 1.96 bits per heavy atom. The summed E-state index contributed by atoms with van der Waals surface area (Å²) in [7, 11) is -6.96. The van der Waals surface area contributed by atoms with Crippen molar-refractivity contribution in [2.75, 3.05) is 11.4 Å². The topological polar surface area (TPSA) is 125 Å². The molecule has 140 valence electrons. The Labute approximate surface area is 153 Å². The van der Waals surface area contributed by atoms with Gasteiger partial charge in [0, 0.05) is 18.7 Å². The molecular weight excluding hydrogens is 378 g/mol. The number of hydrogen-bond donors (Lipinski definition) is 4.